The van der Waals surface area contributed by atoms with Gasteiger partial charge in [0.15, 0.2) is 6.29 Å². The van der Waals surface area contributed by atoms with Crippen LogP contribution in [0.1, 0.15) is 11.9 Å². The normalized spacial score (nSPS) is 26.1. The monoisotopic (exact) mass is 208 g/mol. The third kappa shape index (κ3) is 2.34. The maximum atomic E-state index is 10.6. The van der Waals surface area contributed by atoms with Crippen molar-refractivity contribution in [2.24, 2.45) is 5.92 Å². The summed E-state index contributed by atoms with van der Waals surface area (Å²) in [5, 5.41) is 8.74. The molecule has 0 amide bonds. The summed E-state index contributed by atoms with van der Waals surface area (Å²) in [4.78, 5) is 10.6. The first-order chi connectivity index (χ1) is 7.27. The molecular formula is C11H12O4. The van der Waals surface area contributed by atoms with Crippen molar-refractivity contribution in [1.82, 2.24) is 0 Å². The van der Waals surface area contributed by atoms with Gasteiger partial charge in [0.25, 0.3) is 0 Å². The van der Waals surface area contributed by atoms with Gasteiger partial charge in [-0.15, -0.1) is 0 Å². The summed E-state index contributed by atoms with van der Waals surface area (Å²) in [5.41, 5.74) is 0.918. The van der Waals surface area contributed by atoms with Gasteiger partial charge in [-0.05, 0) is 0 Å². The number of carboxylic acids is 1. The van der Waals surface area contributed by atoms with Gasteiger partial charge in [0.1, 0.15) is 5.92 Å². The Bertz CT molecular complexity index is 328. The minimum atomic E-state index is -0.874. The molecule has 0 atom stereocenters. The van der Waals surface area contributed by atoms with E-state index in [-0.39, 0.29) is 13.2 Å². The van der Waals surface area contributed by atoms with Crippen molar-refractivity contribution >= 4 is 5.97 Å². The molecule has 1 aromatic carbocycles. The van der Waals surface area contributed by atoms with E-state index < -0.39 is 18.2 Å². The Hall–Kier alpha value is -1.39. The summed E-state index contributed by atoms with van der Waals surface area (Å²) in [5.74, 6) is -1.42. The number of aliphatic carboxylic acids is 1. The van der Waals surface area contributed by atoms with Gasteiger partial charge in [0.2, 0.25) is 0 Å². The Kier molecular flexibility index (Phi) is 2.99. The lowest BCUT2D eigenvalue weighted by atomic mass is 10.1. The lowest BCUT2D eigenvalue weighted by molar-refractivity contribution is -0.211. The number of rotatable bonds is 2. The van der Waals surface area contributed by atoms with Gasteiger partial charge >= 0.3 is 5.97 Å². The van der Waals surface area contributed by atoms with E-state index in [4.69, 9.17) is 14.6 Å². The van der Waals surface area contributed by atoms with E-state index in [1.807, 2.05) is 30.3 Å². The molecule has 0 radical (unpaired) electrons. The highest BCUT2D eigenvalue weighted by atomic mass is 16.7. The Morgan fingerprint density at radius 2 is 1.80 bits per heavy atom. The summed E-state index contributed by atoms with van der Waals surface area (Å²) in [6.07, 6.45) is -0.429. The number of ether oxygens (including phenoxy) is 2. The van der Waals surface area contributed by atoms with Gasteiger partial charge in [-0.3, -0.25) is 4.79 Å². The van der Waals surface area contributed by atoms with Crippen molar-refractivity contribution in [3.63, 3.8) is 0 Å². The molecule has 0 spiro atoms. The van der Waals surface area contributed by atoms with E-state index >= 15 is 0 Å². The minimum Gasteiger partial charge on any atom is -0.481 e. The van der Waals surface area contributed by atoms with Crippen molar-refractivity contribution < 1.29 is 19.4 Å². The quantitative estimate of drug-likeness (QED) is 0.798. The standard InChI is InChI=1S/C11H12O4/c12-10(13)9-6-14-11(15-7-9)8-4-2-1-3-5-8/h1-5,9,11H,6-7H2,(H,12,13). The molecule has 1 aliphatic heterocycles. The van der Waals surface area contributed by atoms with E-state index in [9.17, 15) is 4.79 Å². The molecular weight excluding hydrogens is 196 g/mol. The van der Waals surface area contributed by atoms with Crippen LogP contribution >= 0.6 is 0 Å². The first-order valence-electron chi connectivity index (χ1n) is 4.78. The van der Waals surface area contributed by atoms with Gasteiger partial charge < -0.3 is 14.6 Å². The topological polar surface area (TPSA) is 55.8 Å². The van der Waals surface area contributed by atoms with E-state index in [0.717, 1.165) is 5.56 Å². The molecule has 4 nitrogen and oxygen atoms in total. The first-order valence-corrected chi connectivity index (χ1v) is 4.78. The van der Waals surface area contributed by atoms with Gasteiger partial charge in [-0.1, -0.05) is 30.3 Å². The molecule has 0 saturated carbocycles. The lowest BCUT2D eigenvalue weighted by Crippen LogP contribution is -2.32. The Morgan fingerprint density at radius 1 is 1.20 bits per heavy atom. The third-order valence-corrected chi connectivity index (χ3v) is 2.32. The summed E-state index contributed by atoms with van der Waals surface area (Å²) in [6, 6.07) is 9.49. The third-order valence-electron chi connectivity index (χ3n) is 2.32. The van der Waals surface area contributed by atoms with Crippen molar-refractivity contribution in [1.29, 1.82) is 0 Å². The molecule has 1 N–H and O–H groups in total. The second kappa shape index (κ2) is 4.42. The molecule has 1 aromatic rings. The largest absolute Gasteiger partial charge is 0.481 e. The van der Waals surface area contributed by atoms with Crippen molar-refractivity contribution in [2.75, 3.05) is 13.2 Å². The molecule has 1 aliphatic rings. The molecule has 80 valence electrons. The fourth-order valence-corrected chi connectivity index (χ4v) is 1.45. The predicted octanol–water partition coefficient (Wildman–Crippen LogP) is 1.43. The second-order valence-corrected chi connectivity index (χ2v) is 3.44. The Morgan fingerprint density at radius 3 is 2.33 bits per heavy atom. The fraction of sp³-hybridized carbons (Fsp3) is 0.364. The summed E-state index contributed by atoms with van der Waals surface area (Å²) in [6.45, 7) is 0.407. The lowest BCUT2D eigenvalue weighted by Gasteiger charge is -2.27. The van der Waals surface area contributed by atoms with Gasteiger partial charge in [0.05, 0.1) is 13.2 Å². The molecule has 1 fully saturated rings. The fourth-order valence-electron chi connectivity index (χ4n) is 1.45. The summed E-state index contributed by atoms with van der Waals surface area (Å²) < 4.78 is 10.7. The zero-order valence-corrected chi connectivity index (χ0v) is 8.13. The van der Waals surface area contributed by atoms with E-state index in [0.29, 0.717) is 0 Å². The highest BCUT2D eigenvalue weighted by Crippen LogP contribution is 2.24. The zero-order valence-electron chi connectivity index (χ0n) is 8.13. The number of benzene rings is 1. The highest BCUT2D eigenvalue weighted by Gasteiger charge is 2.27. The molecule has 0 bridgehead atoms. The average Bonchev–Trinajstić information content (AvgIpc) is 2.30. The Labute approximate surface area is 87.4 Å². The van der Waals surface area contributed by atoms with Crippen LogP contribution in [0.25, 0.3) is 0 Å². The van der Waals surface area contributed by atoms with Crippen LogP contribution in [-0.2, 0) is 14.3 Å². The highest BCUT2D eigenvalue weighted by molar-refractivity contribution is 5.70. The van der Waals surface area contributed by atoms with Crippen LogP contribution in [-0.4, -0.2) is 24.3 Å². The van der Waals surface area contributed by atoms with Crippen LogP contribution in [0.4, 0.5) is 0 Å². The maximum absolute atomic E-state index is 10.6. The van der Waals surface area contributed by atoms with Crippen LogP contribution in [0.3, 0.4) is 0 Å². The average molecular weight is 208 g/mol. The van der Waals surface area contributed by atoms with Crippen LogP contribution in [0.5, 0.6) is 0 Å². The molecule has 4 heteroatoms. The predicted molar refractivity (Wildman–Crippen MR) is 52.2 cm³/mol. The van der Waals surface area contributed by atoms with Crippen LogP contribution in [0, 0.1) is 5.92 Å². The van der Waals surface area contributed by atoms with Crippen LogP contribution in [0.15, 0.2) is 30.3 Å². The van der Waals surface area contributed by atoms with E-state index in [1.165, 1.54) is 0 Å². The number of hydrogen-bond acceptors (Lipinski definition) is 3. The van der Waals surface area contributed by atoms with Crippen molar-refractivity contribution in [2.45, 2.75) is 6.29 Å². The Balaban J connectivity index is 1.97. The summed E-state index contributed by atoms with van der Waals surface area (Å²) in [7, 11) is 0. The van der Waals surface area contributed by atoms with Gasteiger partial charge in [-0.2, -0.15) is 0 Å². The van der Waals surface area contributed by atoms with Crippen LogP contribution in [0.2, 0.25) is 0 Å². The molecule has 0 unspecified atom stereocenters. The molecule has 2 rings (SSSR count). The van der Waals surface area contributed by atoms with E-state index in [1.54, 1.807) is 0 Å². The summed E-state index contributed by atoms with van der Waals surface area (Å²) >= 11 is 0. The number of hydrogen-bond donors (Lipinski definition) is 1. The number of carboxylic acid groups (broad SMARTS) is 1. The van der Waals surface area contributed by atoms with Crippen molar-refractivity contribution in [3.8, 4) is 0 Å². The van der Waals surface area contributed by atoms with E-state index in [2.05, 4.69) is 0 Å². The molecule has 15 heavy (non-hydrogen) atoms. The molecule has 1 saturated heterocycles. The second-order valence-electron chi connectivity index (χ2n) is 3.44. The van der Waals surface area contributed by atoms with Crippen molar-refractivity contribution in [3.05, 3.63) is 35.9 Å². The minimum absolute atomic E-state index is 0.203. The first kappa shape index (κ1) is 10.1. The molecule has 1 heterocycles. The molecule has 0 aromatic heterocycles. The molecule has 0 aliphatic carbocycles. The van der Waals surface area contributed by atoms with Crippen LogP contribution < -0.4 is 0 Å². The maximum Gasteiger partial charge on any atom is 0.311 e. The number of carbonyl (C=O) groups is 1. The smallest absolute Gasteiger partial charge is 0.311 e. The zero-order chi connectivity index (χ0) is 10.7. The van der Waals surface area contributed by atoms with Gasteiger partial charge in [-0.25, -0.2) is 0 Å². The van der Waals surface area contributed by atoms with Gasteiger partial charge in [0, 0.05) is 5.56 Å². The SMILES string of the molecule is O=C(O)C1COC(c2ccccc2)OC1.